The van der Waals surface area contributed by atoms with Crippen molar-refractivity contribution in [2.75, 3.05) is 31.7 Å². The zero-order chi connectivity index (χ0) is 25.4. The largest absolute Gasteiger partial charge is 0.497 e. The number of rotatable bonds is 11. The fourth-order valence-electron chi connectivity index (χ4n) is 3.43. The van der Waals surface area contributed by atoms with E-state index in [1.54, 1.807) is 24.3 Å². The quantitative estimate of drug-likeness (QED) is 0.431. The van der Waals surface area contributed by atoms with Gasteiger partial charge in [-0.2, -0.15) is 0 Å². The molecule has 1 N–H and O–H groups in total. The lowest BCUT2D eigenvalue weighted by atomic mass is 10.2. The molecule has 0 aliphatic rings. The van der Waals surface area contributed by atoms with E-state index < -0.39 is 22.5 Å². The van der Waals surface area contributed by atoms with Crippen LogP contribution in [0.4, 0.5) is 5.69 Å². The number of amides is 1. The maximum absolute atomic E-state index is 13.7. The Kier molecular flexibility index (Phi) is 8.59. The molecule has 0 heterocycles. The maximum atomic E-state index is 13.7. The number of benzene rings is 3. The fourth-order valence-corrected chi connectivity index (χ4v) is 4.85. The van der Waals surface area contributed by atoms with Crippen LogP contribution < -0.4 is 23.8 Å². The molecule has 1 amide bonds. The van der Waals surface area contributed by atoms with Gasteiger partial charge in [-0.1, -0.05) is 29.8 Å². The molecule has 0 unspecified atom stereocenters. The second-order valence-corrected chi connectivity index (χ2v) is 9.58. The van der Waals surface area contributed by atoms with Gasteiger partial charge in [0.05, 0.1) is 31.4 Å². The molecule has 0 saturated heterocycles. The Balaban J connectivity index is 1.92. The van der Waals surface area contributed by atoms with Crippen molar-refractivity contribution in [2.24, 2.45) is 0 Å². The van der Waals surface area contributed by atoms with Crippen molar-refractivity contribution < 1.29 is 27.4 Å². The van der Waals surface area contributed by atoms with E-state index in [1.165, 1.54) is 32.4 Å². The zero-order valence-corrected chi connectivity index (χ0v) is 21.1. The molecule has 0 saturated carbocycles. The summed E-state index contributed by atoms with van der Waals surface area (Å²) in [6.45, 7) is 4.06. The molecule has 0 fully saturated rings. The molecule has 0 radical (unpaired) electrons. The van der Waals surface area contributed by atoms with E-state index >= 15 is 0 Å². The van der Waals surface area contributed by atoms with Gasteiger partial charge in [0.25, 0.3) is 10.0 Å². The van der Waals surface area contributed by atoms with Gasteiger partial charge in [-0.05, 0) is 55.8 Å². The summed E-state index contributed by atoms with van der Waals surface area (Å²) in [5, 5.41) is 2.79. The van der Waals surface area contributed by atoms with Crippen LogP contribution in [0.5, 0.6) is 17.2 Å². The van der Waals surface area contributed by atoms with Crippen LogP contribution in [0.25, 0.3) is 0 Å². The Morgan fingerprint density at radius 1 is 0.943 bits per heavy atom. The Labute approximate surface area is 206 Å². The second kappa shape index (κ2) is 11.6. The summed E-state index contributed by atoms with van der Waals surface area (Å²) in [6, 6.07) is 18.6. The third-order valence-corrected chi connectivity index (χ3v) is 7.02. The number of nitrogens with zero attached hydrogens (tertiary/aromatic N) is 1. The number of carbonyl (C=O) groups excluding carboxylic acids is 1. The average Bonchev–Trinajstić information content (AvgIpc) is 2.86. The van der Waals surface area contributed by atoms with Crippen LogP contribution in [0.2, 0.25) is 0 Å². The monoisotopic (exact) mass is 498 g/mol. The first kappa shape index (κ1) is 25.9. The zero-order valence-electron chi connectivity index (χ0n) is 20.3. The summed E-state index contributed by atoms with van der Waals surface area (Å²) in [6.07, 6.45) is 0. The summed E-state index contributed by atoms with van der Waals surface area (Å²) in [5.74, 6) is 0.938. The van der Waals surface area contributed by atoms with Crippen molar-refractivity contribution in [1.29, 1.82) is 0 Å². The molecule has 35 heavy (non-hydrogen) atoms. The molecule has 0 aliphatic carbocycles. The fraction of sp³-hybridized carbons (Fsp3) is 0.269. The molecule has 3 aromatic rings. The molecule has 8 nitrogen and oxygen atoms in total. The van der Waals surface area contributed by atoms with Gasteiger partial charge in [-0.25, -0.2) is 8.42 Å². The van der Waals surface area contributed by atoms with Crippen LogP contribution in [0.15, 0.2) is 71.6 Å². The van der Waals surface area contributed by atoms with Crippen molar-refractivity contribution >= 4 is 21.6 Å². The third kappa shape index (κ3) is 6.45. The van der Waals surface area contributed by atoms with E-state index in [1.807, 2.05) is 38.1 Å². The minimum Gasteiger partial charge on any atom is -0.497 e. The Hall–Kier alpha value is -3.72. The average molecular weight is 499 g/mol. The van der Waals surface area contributed by atoms with Crippen molar-refractivity contribution in [3.63, 3.8) is 0 Å². The highest BCUT2D eigenvalue weighted by Gasteiger charge is 2.30. The Bertz CT molecular complexity index is 1260. The summed E-state index contributed by atoms with van der Waals surface area (Å²) in [5.41, 5.74) is 1.94. The number of carbonyl (C=O) groups is 1. The lowest BCUT2D eigenvalue weighted by Crippen LogP contribution is -2.40. The SMILES string of the molecule is CCOc1cccc(CNC(=O)CN(c2cc(OC)ccc2OC)S(=O)(=O)c2ccc(C)cc2)c1. The van der Waals surface area contributed by atoms with E-state index in [9.17, 15) is 13.2 Å². The summed E-state index contributed by atoms with van der Waals surface area (Å²) >= 11 is 0. The molecule has 0 spiro atoms. The molecule has 3 aromatic carbocycles. The lowest BCUT2D eigenvalue weighted by Gasteiger charge is -2.26. The number of hydrogen-bond donors (Lipinski definition) is 1. The number of methoxy groups -OCH3 is 2. The van der Waals surface area contributed by atoms with Crippen LogP contribution in [-0.2, 0) is 21.4 Å². The number of hydrogen-bond acceptors (Lipinski definition) is 6. The Morgan fingerprint density at radius 3 is 2.34 bits per heavy atom. The van der Waals surface area contributed by atoms with E-state index in [0.29, 0.717) is 23.9 Å². The molecule has 0 atom stereocenters. The first-order valence-corrected chi connectivity index (χ1v) is 12.5. The smallest absolute Gasteiger partial charge is 0.264 e. The minimum atomic E-state index is -4.10. The van der Waals surface area contributed by atoms with E-state index in [-0.39, 0.29) is 17.1 Å². The van der Waals surface area contributed by atoms with Gasteiger partial charge in [0.2, 0.25) is 5.91 Å². The topological polar surface area (TPSA) is 94.2 Å². The van der Waals surface area contributed by atoms with E-state index in [4.69, 9.17) is 14.2 Å². The van der Waals surface area contributed by atoms with Gasteiger partial charge in [0, 0.05) is 12.6 Å². The van der Waals surface area contributed by atoms with Gasteiger partial charge in [0.15, 0.2) is 0 Å². The highest BCUT2D eigenvalue weighted by Crippen LogP contribution is 2.35. The summed E-state index contributed by atoms with van der Waals surface area (Å²) in [4.78, 5) is 13.0. The Morgan fingerprint density at radius 2 is 1.69 bits per heavy atom. The van der Waals surface area contributed by atoms with Gasteiger partial charge >= 0.3 is 0 Å². The van der Waals surface area contributed by atoms with Crippen molar-refractivity contribution in [3.05, 3.63) is 77.9 Å². The van der Waals surface area contributed by atoms with Gasteiger partial charge in [-0.15, -0.1) is 0 Å². The van der Waals surface area contributed by atoms with Crippen molar-refractivity contribution in [2.45, 2.75) is 25.3 Å². The molecular formula is C26H30N2O6S. The molecular weight excluding hydrogens is 468 g/mol. The van der Waals surface area contributed by atoms with Crippen molar-refractivity contribution in [1.82, 2.24) is 5.32 Å². The molecule has 186 valence electrons. The number of nitrogens with one attached hydrogen (secondary N) is 1. The van der Waals surface area contributed by atoms with Crippen LogP contribution >= 0.6 is 0 Å². The highest BCUT2D eigenvalue weighted by atomic mass is 32.2. The molecule has 9 heteroatoms. The van der Waals surface area contributed by atoms with Gasteiger partial charge in [-0.3, -0.25) is 9.10 Å². The van der Waals surface area contributed by atoms with Crippen LogP contribution in [0, 0.1) is 6.92 Å². The maximum Gasteiger partial charge on any atom is 0.264 e. The number of ether oxygens (including phenoxy) is 3. The molecule has 0 bridgehead atoms. The number of aryl methyl sites for hydroxylation is 1. The van der Waals surface area contributed by atoms with Crippen LogP contribution in [0.3, 0.4) is 0 Å². The van der Waals surface area contributed by atoms with Crippen LogP contribution in [0.1, 0.15) is 18.1 Å². The number of sulfonamides is 1. The third-order valence-electron chi connectivity index (χ3n) is 5.25. The standard InChI is InChI=1S/C26H30N2O6S/c1-5-34-22-8-6-7-20(15-22)17-27-26(29)18-28(24-16-21(32-3)11-14-25(24)33-4)35(30,31)23-12-9-19(2)10-13-23/h6-16H,5,17-18H2,1-4H3,(H,27,29). The first-order valence-electron chi connectivity index (χ1n) is 11.1. The second-order valence-electron chi connectivity index (χ2n) is 7.72. The summed E-state index contributed by atoms with van der Waals surface area (Å²) in [7, 11) is -1.19. The van der Waals surface area contributed by atoms with Gasteiger partial charge < -0.3 is 19.5 Å². The summed E-state index contributed by atoms with van der Waals surface area (Å²) < 4.78 is 44.6. The van der Waals surface area contributed by atoms with Gasteiger partial charge in [0.1, 0.15) is 23.8 Å². The predicted molar refractivity (Wildman–Crippen MR) is 135 cm³/mol. The van der Waals surface area contributed by atoms with E-state index in [0.717, 1.165) is 15.4 Å². The minimum absolute atomic E-state index is 0.0604. The molecule has 0 aliphatic heterocycles. The van der Waals surface area contributed by atoms with E-state index in [2.05, 4.69) is 5.32 Å². The molecule has 0 aromatic heterocycles. The first-order chi connectivity index (χ1) is 16.8. The predicted octanol–water partition coefficient (Wildman–Crippen LogP) is 3.92. The molecule has 3 rings (SSSR count). The highest BCUT2D eigenvalue weighted by molar-refractivity contribution is 7.92. The lowest BCUT2D eigenvalue weighted by molar-refractivity contribution is -0.119. The number of anilines is 1. The van der Waals surface area contributed by atoms with Crippen LogP contribution in [-0.4, -0.2) is 41.7 Å². The normalized spacial score (nSPS) is 11.0. The van der Waals surface area contributed by atoms with Crippen molar-refractivity contribution in [3.8, 4) is 17.2 Å².